The summed E-state index contributed by atoms with van der Waals surface area (Å²) in [5.41, 5.74) is 2.21. The van der Waals surface area contributed by atoms with E-state index in [4.69, 9.17) is 0 Å². The van der Waals surface area contributed by atoms with Crippen molar-refractivity contribution in [1.29, 1.82) is 0 Å². The molecule has 4 heteroatoms. The number of hydrogen-bond donors (Lipinski definition) is 1. The third kappa shape index (κ3) is 1.62. The van der Waals surface area contributed by atoms with Crippen LogP contribution in [0.1, 0.15) is 10.5 Å². The second-order valence-corrected chi connectivity index (χ2v) is 2.55. The lowest BCUT2D eigenvalue weighted by Gasteiger charge is -1.92. The molecule has 0 bridgehead atoms. The van der Waals surface area contributed by atoms with Crippen molar-refractivity contribution >= 4 is 17.1 Å². The Morgan fingerprint density at radius 1 is 1.90 bits per heavy atom. The lowest BCUT2D eigenvalue weighted by molar-refractivity contribution is 0.0989. The Morgan fingerprint density at radius 2 is 2.70 bits per heavy atom. The first-order valence-corrected chi connectivity index (χ1v) is 3.85. The smallest absolute Gasteiger partial charge is 0.195 e. The number of hydrogen-bond acceptors (Lipinski definition) is 4. The number of nitrogens with one attached hydrogen (secondary N) is 1. The van der Waals surface area contributed by atoms with Gasteiger partial charge in [0.25, 0.3) is 0 Å². The van der Waals surface area contributed by atoms with Gasteiger partial charge in [0.2, 0.25) is 0 Å². The molecule has 1 aromatic heterocycles. The molecule has 0 saturated carbocycles. The summed E-state index contributed by atoms with van der Waals surface area (Å²) in [7, 11) is 1.74. The molecule has 10 heavy (non-hydrogen) atoms. The van der Waals surface area contributed by atoms with Crippen molar-refractivity contribution in [1.82, 2.24) is 10.3 Å². The zero-order valence-corrected chi connectivity index (χ0v) is 6.44. The molecule has 3 nitrogen and oxygen atoms in total. The number of likely N-dealkylation sites (N-methyl/N-ethyl adjacent to an activating group) is 1. The average molecular weight is 156 g/mol. The van der Waals surface area contributed by atoms with Crippen molar-refractivity contribution in [2.45, 2.75) is 0 Å². The van der Waals surface area contributed by atoms with Gasteiger partial charge in [-0.2, -0.15) is 0 Å². The van der Waals surface area contributed by atoms with E-state index in [1.54, 1.807) is 17.9 Å². The van der Waals surface area contributed by atoms with E-state index in [-0.39, 0.29) is 5.78 Å². The minimum Gasteiger partial charge on any atom is -0.313 e. The van der Waals surface area contributed by atoms with E-state index in [0.29, 0.717) is 12.2 Å². The van der Waals surface area contributed by atoms with Crippen LogP contribution in [0.2, 0.25) is 0 Å². The summed E-state index contributed by atoms with van der Waals surface area (Å²) in [5.74, 6) is 0.0451. The quantitative estimate of drug-likeness (QED) is 0.650. The summed E-state index contributed by atoms with van der Waals surface area (Å²) >= 11 is 1.43. The van der Waals surface area contributed by atoms with Crippen LogP contribution in [0.3, 0.4) is 0 Å². The van der Waals surface area contributed by atoms with Crippen LogP contribution in [0.15, 0.2) is 10.9 Å². The van der Waals surface area contributed by atoms with E-state index in [1.807, 2.05) is 0 Å². The SMILES string of the molecule is CNCC(=O)c1cscn1. The van der Waals surface area contributed by atoms with E-state index in [1.165, 1.54) is 11.3 Å². The number of rotatable bonds is 3. The highest BCUT2D eigenvalue weighted by Gasteiger charge is 2.04. The predicted octanol–water partition coefficient (Wildman–Crippen LogP) is 0.545. The zero-order chi connectivity index (χ0) is 7.40. The predicted molar refractivity (Wildman–Crippen MR) is 40.4 cm³/mol. The van der Waals surface area contributed by atoms with Crippen molar-refractivity contribution in [3.05, 3.63) is 16.6 Å². The zero-order valence-electron chi connectivity index (χ0n) is 5.63. The number of ketones is 1. The summed E-state index contributed by atoms with van der Waals surface area (Å²) in [6, 6.07) is 0. The monoisotopic (exact) mass is 156 g/mol. The number of nitrogens with zero attached hydrogens (tertiary/aromatic N) is 1. The van der Waals surface area contributed by atoms with Crippen LogP contribution in [-0.4, -0.2) is 24.4 Å². The van der Waals surface area contributed by atoms with Crippen LogP contribution in [0.4, 0.5) is 0 Å². The molecule has 1 aromatic rings. The molecule has 0 atom stereocenters. The first-order chi connectivity index (χ1) is 4.84. The van der Waals surface area contributed by atoms with Crippen molar-refractivity contribution in [2.75, 3.05) is 13.6 Å². The molecule has 0 unspecified atom stereocenters. The maximum Gasteiger partial charge on any atom is 0.195 e. The molecule has 0 aliphatic carbocycles. The van der Waals surface area contributed by atoms with Gasteiger partial charge in [0.1, 0.15) is 5.69 Å². The fraction of sp³-hybridized carbons (Fsp3) is 0.333. The molecule has 54 valence electrons. The van der Waals surface area contributed by atoms with Crippen LogP contribution < -0.4 is 5.32 Å². The lowest BCUT2D eigenvalue weighted by Crippen LogP contribution is -2.18. The molecular weight excluding hydrogens is 148 g/mol. The van der Waals surface area contributed by atoms with Crippen molar-refractivity contribution in [3.8, 4) is 0 Å². The van der Waals surface area contributed by atoms with Crippen LogP contribution in [-0.2, 0) is 0 Å². The Kier molecular flexibility index (Phi) is 2.53. The third-order valence-corrected chi connectivity index (χ3v) is 1.64. The second-order valence-electron chi connectivity index (χ2n) is 1.83. The second kappa shape index (κ2) is 3.43. The highest BCUT2D eigenvalue weighted by molar-refractivity contribution is 7.07. The Labute approximate surface area is 63.1 Å². The molecule has 1 N–H and O–H groups in total. The van der Waals surface area contributed by atoms with E-state index < -0.39 is 0 Å². The van der Waals surface area contributed by atoms with Gasteiger partial charge in [0.15, 0.2) is 5.78 Å². The highest BCUT2D eigenvalue weighted by atomic mass is 32.1. The van der Waals surface area contributed by atoms with E-state index in [0.717, 1.165) is 0 Å². The van der Waals surface area contributed by atoms with Crippen molar-refractivity contribution in [3.63, 3.8) is 0 Å². The highest BCUT2D eigenvalue weighted by Crippen LogP contribution is 2.00. The number of carbonyl (C=O) groups is 1. The Balaban J connectivity index is 2.59. The van der Waals surface area contributed by atoms with Crippen LogP contribution in [0.25, 0.3) is 0 Å². The standard InChI is InChI=1S/C6H8N2OS/c1-7-2-6(9)5-3-10-4-8-5/h3-4,7H,2H2,1H3. The first kappa shape index (κ1) is 7.37. The van der Waals surface area contributed by atoms with Gasteiger partial charge in [-0.05, 0) is 7.05 Å². The molecular formula is C6H8N2OS. The van der Waals surface area contributed by atoms with Gasteiger partial charge in [-0.25, -0.2) is 4.98 Å². The van der Waals surface area contributed by atoms with Gasteiger partial charge in [-0.3, -0.25) is 4.79 Å². The molecule has 0 aliphatic heterocycles. The van der Waals surface area contributed by atoms with Crippen LogP contribution >= 0.6 is 11.3 Å². The Hall–Kier alpha value is -0.740. The Morgan fingerprint density at radius 3 is 3.20 bits per heavy atom. The van der Waals surface area contributed by atoms with E-state index in [9.17, 15) is 4.79 Å². The number of thiazole rings is 1. The molecule has 1 heterocycles. The molecule has 0 amide bonds. The largest absolute Gasteiger partial charge is 0.313 e. The summed E-state index contributed by atoms with van der Waals surface area (Å²) in [6.45, 7) is 0.365. The maximum absolute atomic E-state index is 11.0. The van der Waals surface area contributed by atoms with E-state index >= 15 is 0 Å². The average Bonchev–Trinajstić information content (AvgIpc) is 2.38. The number of Topliss-reactive ketones (excluding diaryl/α,β-unsaturated/α-hetero) is 1. The minimum atomic E-state index is 0.0451. The normalized spacial score (nSPS) is 9.70. The molecule has 0 saturated heterocycles. The van der Waals surface area contributed by atoms with Gasteiger partial charge in [0, 0.05) is 5.38 Å². The molecule has 0 radical (unpaired) electrons. The molecule has 0 spiro atoms. The van der Waals surface area contributed by atoms with Gasteiger partial charge < -0.3 is 5.32 Å². The molecule has 0 fully saturated rings. The fourth-order valence-electron chi connectivity index (χ4n) is 0.601. The third-order valence-electron chi connectivity index (χ3n) is 1.06. The molecule has 0 aromatic carbocycles. The van der Waals surface area contributed by atoms with E-state index in [2.05, 4.69) is 10.3 Å². The van der Waals surface area contributed by atoms with Gasteiger partial charge in [-0.15, -0.1) is 11.3 Å². The lowest BCUT2D eigenvalue weighted by atomic mass is 10.3. The van der Waals surface area contributed by atoms with Crippen molar-refractivity contribution in [2.24, 2.45) is 0 Å². The molecule has 0 aliphatic rings. The Bertz CT molecular complexity index is 208. The summed E-state index contributed by atoms with van der Waals surface area (Å²) in [6.07, 6.45) is 0. The maximum atomic E-state index is 11.0. The van der Waals surface area contributed by atoms with Gasteiger partial charge in [0.05, 0.1) is 12.1 Å². The van der Waals surface area contributed by atoms with Gasteiger partial charge in [-0.1, -0.05) is 0 Å². The number of carbonyl (C=O) groups excluding carboxylic acids is 1. The summed E-state index contributed by atoms with van der Waals surface area (Å²) < 4.78 is 0. The summed E-state index contributed by atoms with van der Waals surface area (Å²) in [5, 5.41) is 4.52. The van der Waals surface area contributed by atoms with Crippen LogP contribution in [0, 0.1) is 0 Å². The summed E-state index contributed by atoms with van der Waals surface area (Å²) in [4.78, 5) is 14.9. The fourth-order valence-corrected chi connectivity index (χ4v) is 1.16. The first-order valence-electron chi connectivity index (χ1n) is 2.90. The van der Waals surface area contributed by atoms with Crippen molar-refractivity contribution < 1.29 is 4.79 Å². The molecule has 1 rings (SSSR count). The van der Waals surface area contributed by atoms with Gasteiger partial charge >= 0.3 is 0 Å². The van der Waals surface area contributed by atoms with Crippen LogP contribution in [0.5, 0.6) is 0 Å². The number of aromatic nitrogens is 1. The minimum absolute atomic E-state index is 0.0451. The topological polar surface area (TPSA) is 42.0 Å².